The normalized spacial score (nSPS) is 10.8. The number of anilines is 1. The van der Waals surface area contributed by atoms with Crippen LogP contribution in [-0.4, -0.2) is 28.8 Å². The third-order valence-corrected chi connectivity index (χ3v) is 6.80. The van der Waals surface area contributed by atoms with Crippen molar-refractivity contribution in [3.05, 3.63) is 37.4 Å². The van der Waals surface area contributed by atoms with Crippen molar-refractivity contribution in [3.63, 3.8) is 0 Å². The molecular weight excluding hydrogens is 461 g/mol. The summed E-state index contributed by atoms with van der Waals surface area (Å²) in [4.78, 5) is 12.8. The molecular formula is C11H5Br2N3OSSe. The molecule has 1 amide bonds. The molecule has 0 saturated carbocycles. The predicted molar refractivity (Wildman–Crippen MR) is 84.2 cm³/mol. The van der Waals surface area contributed by atoms with Crippen molar-refractivity contribution >= 4 is 80.8 Å². The molecule has 0 radical (unpaired) electrons. The number of rotatable bonds is 2. The number of aromatic nitrogens is 2. The van der Waals surface area contributed by atoms with Gasteiger partial charge in [0.25, 0.3) is 0 Å². The van der Waals surface area contributed by atoms with Gasteiger partial charge in [0.05, 0.1) is 0 Å². The molecule has 1 N–H and O–H groups in total. The number of fused-ring (bicyclic) bond motifs is 1. The Morgan fingerprint density at radius 1 is 1.32 bits per heavy atom. The van der Waals surface area contributed by atoms with Crippen molar-refractivity contribution in [3.8, 4) is 0 Å². The van der Waals surface area contributed by atoms with Crippen LogP contribution in [0.5, 0.6) is 0 Å². The van der Waals surface area contributed by atoms with E-state index >= 15 is 0 Å². The van der Waals surface area contributed by atoms with E-state index in [2.05, 4.69) is 45.1 Å². The Morgan fingerprint density at radius 3 is 2.89 bits per heavy atom. The van der Waals surface area contributed by atoms with Crippen LogP contribution in [0.4, 0.5) is 5.69 Å². The number of hydrogen-bond donors (Lipinski definition) is 1. The minimum absolute atomic E-state index is 0.0991. The number of benzene rings is 1. The summed E-state index contributed by atoms with van der Waals surface area (Å²) < 4.78 is 10.4. The van der Waals surface area contributed by atoms with Crippen LogP contribution in [-0.2, 0) is 0 Å². The molecule has 3 aromatic rings. The molecule has 0 saturated heterocycles. The van der Waals surface area contributed by atoms with Gasteiger partial charge in [0.15, 0.2) is 0 Å². The van der Waals surface area contributed by atoms with Gasteiger partial charge in [-0.25, -0.2) is 0 Å². The third-order valence-electron chi connectivity index (χ3n) is 2.40. The zero-order valence-corrected chi connectivity index (χ0v) is 14.9. The Labute approximate surface area is 135 Å². The summed E-state index contributed by atoms with van der Waals surface area (Å²) in [5, 5.41) is 2.89. The summed E-state index contributed by atoms with van der Waals surface area (Å²) in [5.41, 5.74) is 2.35. The van der Waals surface area contributed by atoms with E-state index in [4.69, 9.17) is 0 Å². The molecule has 96 valence electrons. The second-order valence-electron chi connectivity index (χ2n) is 3.62. The van der Waals surface area contributed by atoms with Crippen LogP contribution in [0.2, 0.25) is 0 Å². The van der Waals surface area contributed by atoms with E-state index in [1.54, 1.807) is 6.07 Å². The molecule has 4 nitrogen and oxygen atoms in total. The zero-order valence-electron chi connectivity index (χ0n) is 9.18. The molecule has 0 fully saturated rings. The van der Waals surface area contributed by atoms with E-state index in [1.807, 2.05) is 18.2 Å². The fourth-order valence-electron chi connectivity index (χ4n) is 1.55. The fourth-order valence-corrected chi connectivity index (χ4v) is 4.63. The van der Waals surface area contributed by atoms with Gasteiger partial charge in [-0.3, -0.25) is 0 Å². The van der Waals surface area contributed by atoms with E-state index in [-0.39, 0.29) is 20.9 Å². The number of amides is 1. The molecule has 19 heavy (non-hydrogen) atoms. The molecule has 2 heterocycles. The van der Waals surface area contributed by atoms with Gasteiger partial charge < -0.3 is 0 Å². The fraction of sp³-hybridized carbons (Fsp3) is 0. The number of halogens is 2. The van der Waals surface area contributed by atoms with Gasteiger partial charge in [-0.05, 0) is 0 Å². The quantitative estimate of drug-likeness (QED) is 0.589. The second-order valence-corrected chi connectivity index (χ2v) is 7.96. The van der Waals surface area contributed by atoms with Crippen LogP contribution in [0, 0.1) is 0 Å². The monoisotopic (exact) mass is 465 g/mol. The van der Waals surface area contributed by atoms with E-state index in [9.17, 15) is 4.79 Å². The molecule has 0 spiro atoms. The minimum atomic E-state index is -0.139. The Bertz CT molecular complexity index is 751. The first-order chi connectivity index (χ1) is 9.15. The van der Waals surface area contributed by atoms with Crippen molar-refractivity contribution in [2.45, 2.75) is 0 Å². The number of carbonyl (C=O) groups is 1. The Hall–Kier alpha value is -0.531. The first-order valence-corrected chi connectivity index (χ1v) is 9.06. The molecule has 0 aliphatic heterocycles. The number of hydrogen-bond acceptors (Lipinski definition) is 4. The summed E-state index contributed by atoms with van der Waals surface area (Å²) in [6, 6.07) is 7.41. The van der Waals surface area contributed by atoms with Crippen LogP contribution >= 0.6 is 43.2 Å². The number of thiophene rings is 1. The number of nitrogens with zero attached hydrogens (tertiary/aromatic N) is 2. The van der Waals surface area contributed by atoms with Crippen LogP contribution in [0.1, 0.15) is 9.67 Å². The van der Waals surface area contributed by atoms with Crippen LogP contribution in [0.3, 0.4) is 0 Å². The van der Waals surface area contributed by atoms with Gasteiger partial charge in [0.1, 0.15) is 0 Å². The van der Waals surface area contributed by atoms with Crippen LogP contribution in [0.15, 0.2) is 32.5 Å². The van der Waals surface area contributed by atoms with Gasteiger partial charge in [-0.1, -0.05) is 0 Å². The molecule has 0 unspecified atom stereocenters. The van der Waals surface area contributed by atoms with Gasteiger partial charge in [-0.2, -0.15) is 0 Å². The van der Waals surface area contributed by atoms with E-state index in [1.165, 1.54) is 11.3 Å². The molecule has 0 bridgehead atoms. The van der Waals surface area contributed by atoms with Gasteiger partial charge >= 0.3 is 136 Å². The van der Waals surface area contributed by atoms with Crippen LogP contribution < -0.4 is 5.32 Å². The average Bonchev–Trinajstić information content (AvgIpc) is 2.98. The Balaban J connectivity index is 1.92. The second kappa shape index (κ2) is 5.46. The number of carbonyl (C=O) groups excluding carboxylic acids is 1. The zero-order chi connectivity index (χ0) is 13.4. The summed E-state index contributed by atoms with van der Waals surface area (Å²) in [7, 11) is 0. The van der Waals surface area contributed by atoms with Gasteiger partial charge in [0.2, 0.25) is 0 Å². The van der Waals surface area contributed by atoms with Crippen molar-refractivity contribution in [1.29, 1.82) is 0 Å². The summed E-state index contributed by atoms with van der Waals surface area (Å²) >= 11 is 8.04. The van der Waals surface area contributed by atoms with Crippen molar-refractivity contribution in [1.82, 2.24) is 7.96 Å². The average molecular weight is 466 g/mol. The van der Waals surface area contributed by atoms with Gasteiger partial charge in [0, 0.05) is 0 Å². The molecule has 3 rings (SSSR count). The maximum absolute atomic E-state index is 12.2. The van der Waals surface area contributed by atoms with Crippen molar-refractivity contribution < 1.29 is 4.79 Å². The van der Waals surface area contributed by atoms with E-state index in [0.29, 0.717) is 10.6 Å². The maximum atomic E-state index is 12.2. The Morgan fingerprint density at radius 2 is 2.16 bits per heavy atom. The van der Waals surface area contributed by atoms with E-state index in [0.717, 1.165) is 19.3 Å². The first-order valence-electron chi connectivity index (χ1n) is 5.12. The molecule has 0 aliphatic rings. The Kier molecular flexibility index (Phi) is 3.86. The molecule has 0 aliphatic carbocycles. The summed E-state index contributed by atoms with van der Waals surface area (Å²) in [5.74, 6) is -0.139. The molecule has 8 heteroatoms. The van der Waals surface area contributed by atoms with Gasteiger partial charge in [-0.15, -0.1) is 0 Å². The van der Waals surface area contributed by atoms with Crippen molar-refractivity contribution in [2.24, 2.45) is 0 Å². The van der Waals surface area contributed by atoms with Crippen LogP contribution in [0.25, 0.3) is 11.0 Å². The predicted octanol–water partition coefficient (Wildman–Crippen LogP) is 3.53. The SMILES string of the molecule is O=C(Nc1cccc2n[se]nc12)c1cc(Br)c(Br)s1. The molecule has 0 atom stereocenters. The summed E-state index contributed by atoms with van der Waals surface area (Å²) in [6.07, 6.45) is 0. The first kappa shape index (κ1) is 13.5. The standard InChI is InChI=1S/C11H5Br2N3OSSe/c12-5-4-8(18-10(5)13)11(17)14-6-2-1-3-7-9(6)16-19-15-7/h1-4H,(H,14,17). The molecule has 1 aromatic carbocycles. The molecule has 2 aromatic heterocycles. The third kappa shape index (κ3) is 2.68. The topological polar surface area (TPSA) is 54.9 Å². The number of nitrogens with one attached hydrogen (secondary N) is 1. The van der Waals surface area contributed by atoms with Crippen molar-refractivity contribution in [2.75, 3.05) is 5.32 Å². The van der Waals surface area contributed by atoms with E-state index < -0.39 is 0 Å². The summed E-state index contributed by atoms with van der Waals surface area (Å²) in [6.45, 7) is 0.